The molecule has 1 aromatic rings. The average Bonchev–Trinajstić information content (AvgIpc) is 2.62. The third-order valence-electron chi connectivity index (χ3n) is 3.70. The lowest BCUT2D eigenvalue weighted by molar-refractivity contribution is 0.547. The zero-order valence-corrected chi connectivity index (χ0v) is 12.5. The molecule has 5 heteroatoms. The van der Waals surface area contributed by atoms with Crippen LogP contribution in [0.2, 0.25) is 0 Å². The highest BCUT2D eigenvalue weighted by Gasteiger charge is 2.22. The molecule has 0 radical (unpaired) electrons. The third kappa shape index (κ3) is 3.41. The van der Waals surface area contributed by atoms with Crippen LogP contribution in [0.25, 0.3) is 0 Å². The monoisotopic (exact) mass is 278 g/mol. The molecule has 2 rings (SSSR count). The molecule has 0 spiro atoms. The van der Waals surface area contributed by atoms with E-state index in [1.165, 1.54) is 25.7 Å². The molecule has 1 aromatic heterocycles. The smallest absolute Gasteiger partial charge is 0.226 e. The fraction of sp³-hybridized carbons (Fsp3) is 0.643. The average molecular weight is 278 g/mol. The summed E-state index contributed by atoms with van der Waals surface area (Å²) in [5.74, 6) is 0.788. The summed E-state index contributed by atoms with van der Waals surface area (Å²) in [6.45, 7) is 5.22. The first kappa shape index (κ1) is 14.2. The van der Waals surface area contributed by atoms with Gasteiger partial charge in [-0.3, -0.25) is 0 Å². The Morgan fingerprint density at radius 3 is 2.89 bits per heavy atom. The van der Waals surface area contributed by atoms with Gasteiger partial charge in [0.2, 0.25) is 5.95 Å². The second-order valence-corrected chi connectivity index (χ2v) is 5.60. The summed E-state index contributed by atoms with van der Waals surface area (Å²) in [4.78, 5) is 11.8. The van der Waals surface area contributed by atoms with Crippen LogP contribution in [0.3, 0.4) is 0 Å². The molecule has 104 valence electrons. The molecule has 19 heavy (non-hydrogen) atoms. The van der Waals surface area contributed by atoms with Gasteiger partial charge in [-0.15, -0.1) is 0 Å². The minimum atomic E-state index is 0.342. The van der Waals surface area contributed by atoms with Crippen LogP contribution in [0.15, 0.2) is 6.07 Å². The minimum Gasteiger partial charge on any atom is -0.388 e. The van der Waals surface area contributed by atoms with Crippen molar-refractivity contribution < 1.29 is 0 Å². The van der Waals surface area contributed by atoms with E-state index in [0.29, 0.717) is 16.7 Å². The van der Waals surface area contributed by atoms with Gasteiger partial charge in [-0.05, 0) is 32.3 Å². The van der Waals surface area contributed by atoms with Gasteiger partial charge in [0.1, 0.15) is 10.7 Å². The van der Waals surface area contributed by atoms with Gasteiger partial charge in [0.25, 0.3) is 0 Å². The Morgan fingerprint density at radius 2 is 2.21 bits per heavy atom. The highest BCUT2D eigenvalue weighted by Crippen LogP contribution is 2.23. The fourth-order valence-corrected chi connectivity index (χ4v) is 2.78. The highest BCUT2D eigenvalue weighted by molar-refractivity contribution is 7.80. The van der Waals surface area contributed by atoms with Crippen LogP contribution in [0.5, 0.6) is 0 Å². The number of nitrogens with two attached hydrogens (primary N) is 1. The van der Waals surface area contributed by atoms with Gasteiger partial charge in [0.05, 0.1) is 0 Å². The number of hydrogen-bond donors (Lipinski definition) is 1. The standard InChI is InChI=1S/C14H22N4S/c1-3-11-7-5-4-6-8-18(11)14-16-10(2)9-12(17-14)13(15)19/h9,11H,3-8H2,1-2H3,(H2,15,19). The van der Waals surface area contributed by atoms with E-state index in [1.54, 1.807) is 0 Å². The van der Waals surface area contributed by atoms with Crippen LogP contribution in [0.1, 0.15) is 50.4 Å². The highest BCUT2D eigenvalue weighted by atomic mass is 32.1. The van der Waals surface area contributed by atoms with Crippen LogP contribution in [0.4, 0.5) is 5.95 Å². The summed E-state index contributed by atoms with van der Waals surface area (Å²) < 4.78 is 0. The van der Waals surface area contributed by atoms with Crippen LogP contribution >= 0.6 is 12.2 Å². The van der Waals surface area contributed by atoms with Gasteiger partial charge in [-0.2, -0.15) is 0 Å². The molecule has 0 bridgehead atoms. The van der Waals surface area contributed by atoms with E-state index in [9.17, 15) is 0 Å². The largest absolute Gasteiger partial charge is 0.388 e. The third-order valence-corrected chi connectivity index (χ3v) is 3.91. The van der Waals surface area contributed by atoms with E-state index in [1.807, 2.05) is 13.0 Å². The maximum Gasteiger partial charge on any atom is 0.226 e. The Balaban J connectivity index is 2.34. The molecule has 0 saturated carbocycles. The van der Waals surface area contributed by atoms with Crippen LogP contribution in [-0.4, -0.2) is 27.5 Å². The first-order valence-corrected chi connectivity index (χ1v) is 7.44. The Hall–Kier alpha value is -1.23. The van der Waals surface area contributed by atoms with Crippen LogP contribution in [-0.2, 0) is 0 Å². The zero-order chi connectivity index (χ0) is 13.8. The fourth-order valence-electron chi connectivity index (χ4n) is 2.67. The van der Waals surface area contributed by atoms with E-state index in [0.717, 1.165) is 24.6 Å². The molecule has 1 saturated heterocycles. The molecule has 0 amide bonds. The molecule has 1 atom stereocenters. The zero-order valence-electron chi connectivity index (χ0n) is 11.7. The molecule has 0 aliphatic carbocycles. The Kier molecular flexibility index (Phi) is 4.69. The molecule has 2 heterocycles. The summed E-state index contributed by atoms with van der Waals surface area (Å²) in [6, 6.07) is 2.38. The van der Waals surface area contributed by atoms with Crippen molar-refractivity contribution in [2.45, 2.75) is 52.0 Å². The van der Waals surface area contributed by atoms with E-state index in [-0.39, 0.29) is 0 Å². The van der Waals surface area contributed by atoms with Crippen molar-refractivity contribution in [3.05, 3.63) is 17.5 Å². The van der Waals surface area contributed by atoms with Gasteiger partial charge >= 0.3 is 0 Å². The van der Waals surface area contributed by atoms with Gasteiger partial charge in [-0.1, -0.05) is 32.0 Å². The molecule has 1 aliphatic rings. The summed E-state index contributed by atoms with van der Waals surface area (Å²) in [7, 11) is 0. The van der Waals surface area contributed by atoms with Gasteiger partial charge < -0.3 is 10.6 Å². The van der Waals surface area contributed by atoms with Crippen LogP contribution in [0, 0.1) is 6.92 Å². The summed E-state index contributed by atoms with van der Waals surface area (Å²) in [5.41, 5.74) is 7.30. The van der Waals surface area contributed by atoms with Crippen molar-refractivity contribution in [3.8, 4) is 0 Å². The quantitative estimate of drug-likeness (QED) is 0.861. The second kappa shape index (κ2) is 6.28. The van der Waals surface area contributed by atoms with E-state index in [4.69, 9.17) is 18.0 Å². The molecular formula is C14H22N4S. The predicted molar refractivity (Wildman–Crippen MR) is 82.5 cm³/mol. The molecule has 1 fully saturated rings. The van der Waals surface area contributed by atoms with E-state index < -0.39 is 0 Å². The van der Waals surface area contributed by atoms with E-state index >= 15 is 0 Å². The van der Waals surface area contributed by atoms with Gasteiger partial charge in [0, 0.05) is 18.3 Å². The number of anilines is 1. The number of aromatic nitrogens is 2. The minimum absolute atomic E-state index is 0.342. The van der Waals surface area contributed by atoms with Crippen molar-refractivity contribution in [2.75, 3.05) is 11.4 Å². The number of nitrogens with zero attached hydrogens (tertiary/aromatic N) is 3. The molecule has 1 unspecified atom stereocenters. The van der Waals surface area contributed by atoms with Crippen molar-refractivity contribution in [3.63, 3.8) is 0 Å². The lowest BCUT2D eigenvalue weighted by Crippen LogP contribution is -2.36. The lowest BCUT2D eigenvalue weighted by atomic mass is 10.1. The Morgan fingerprint density at radius 1 is 1.42 bits per heavy atom. The number of thiocarbonyl (C=S) groups is 1. The molecule has 1 aliphatic heterocycles. The summed E-state index contributed by atoms with van der Waals surface area (Å²) in [6.07, 6.45) is 6.13. The topological polar surface area (TPSA) is 55.0 Å². The molecule has 0 aromatic carbocycles. The van der Waals surface area contributed by atoms with Crippen molar-refractivity contribution in [2.24, 2.45) is 5.73 Å². The SMILES string of the molecule is CCC1CCCCCN1c1nc(C)cc(C(N)=S)n1. The maximum absolute atomic E-state index is 5.70. The number of rotatable bonds is 3. The molecular weight excluding hydrogens is 256 g/mol. The molecule has 4 nitrogen and oxygen atoms in total. The van der Waals surface area contributed by atoms with Crippen molar-refractivity contribution in [1.29, 1.82) is 0 Å². The summed E-state index contributed by atoms with van der Waals surface area (Å²) in [5, 5.41) is 0. The summed E-state index contributed by atoms with van der Waals surface area (Å²) >= 11 is 5.04. The maximum atomic E-state index is 5.70. The first-order chi connectivity index (χ1) is 9.11. The number of hydrogen-bond acceptors (Lipinski definition) is 4. The Bertz CT molecular complexity index is 461. The lowest BCUT2D eigenvalue weighted by Gasteiger charge is -2.29. The second-order valence-electron chi connectivity index (χ2n) is 5.16. The first-order valence-electron chi connectivity index (χ1n) is 7.04. The van der Waals surface area contributed by atoms with Crippen LogP contribution < -0.4 is 10.6 Å². The number of aryl methyl sites for hydroxylation is 1. The van der Waals surface area contributed by atoms with Gasteiger partial charge in [0.15, 0.2) is 0 Å². The van der Waals surface area contributed by atoms with E-state index in [2.05, 4.69) is 21.8 Å². The molecule has 2 N–H and O–H groups in total. The van der Waals surface area contributed by atoms with Crippen molar-refractivity contribution >= 4 is 23.2 Å². The Labute approximate surface area is 120 Å². The van der Waals surface area contributed by atoms with Crippen molar-refractivity contribution in [1.82, 2.24) is 9.97 Å². The van der Waals surface area contributed by atoms with Gasteiger partial charge in [-0.25, -0.2) is 9.97 Å². The predicted octanol–water partition coefficient (Wildman–Crippen LogP) is 2.58. The normalized spacial score (nSPS) is 20.1.